The molecule has 0 spiro atoms. The molecule has 6 heteroatoms. The van der Waals surface area contributed by atoms with E-state index >= 15 is 0 Å². The second kappa shape index (κ2) is 7.48. The van der Waals surface area contributed by atoms with E-state index in [9.17, 15) is 9.90 Å². The number of amides is 1. The number of anilines is 1. The highest BCUT2D eigenvalue weighted by molar-refractivity contribution is 6.03. The van der Waals surface area contributed by atoms with Crippen LogP contribution in [0, 0.1) is 12.8 Å². The first-order valence-corrected chi connectivity index (χ1v) is 9.47. The lowest BCUT2D eigenvalue weighted by Crippen LogP contribution is -2.20. The van der Waals surface area contributed by atoms with Crippen molar-refractivity contribution in [3.8, 4) is 0 Å². The van der Waals surface area contributed by atoms with Gasteiger partial charge in [0, 0.05) is 29.6 Å². The molecule has 140 valence electrons. The van der Waals surface area contributed by atoms with Crippen LogP contribution in [0.15, 0.2) is 42.6 Å². The molecule has 0 bridgehead atoms. The predicted octanol–water partition coefficient (Wildman–Crippen LogP) is 3.72. The van der Waals surface area contributed by atoms with Gasteiger partial charge in [-0.15, -0.1) is 0 Å². The minimum absolute atomic E-state index is 0.215. The molecule has 4 rings (SSSR count). The van der Waals surface area contributed by atoms with Crippen LogP contribution in [-0.4, -0.2) is 32.4 Å². The number of nitrogens with zero attached hydrogens (tertiary/aromatic N) is 3. The Morgan fingerprint density at radius 2 is 2.04 bits per heavy atom. The first-order chi connectivity index (χ1) is 13.1. The Morgan fingerprint density at radius 3 is 2.78 bits per heavy atom. The van der Waals surface area contributed by atoms with Gasteiger partial charge in [0.2, 0.25) is 0 Å². The summed E-state index contributed by atoms with van der Waals surface area (Å²) in [7, 11) is 0. The number of hydrogen-bond acceptors (Lipinski definition) is 4. The molecule has 2 N–H and O–H groups in total. The summed E-state index contributed by atoms with van der Waals surface area (Å²) in [6.45, 7) is 2.15. The number of hydrogen-bond donors (Lipinski definition) is 2. The largest absolute Gasteiger partial charge is 0.396 e. The van der Waals surface area contributed by atoms with Crippen LogP contribution >= 0.6 is 0 Å². The summed E-state index contributed by atoms with van der Waals surface area (Å²) >= 11 is 0. The van der Waals surface area contributed by atoms with Crippen molar-refractivity contribution in [1.29, 1.82) is 0 Å². The third-order valence-electron chi connectivity index (χ3n) is 5.35. The van der Waals surface area contributed by atoms with Crippen LogP contribution < -0.4 is 5.32 Å². The number of fused-ring (bicyclic) bond motifs is 1. The third kappa shape index (κ3) is 3.85. The summed E-state index contributed by atoms with van der Waals surface area (Å²) in [5.41, 5.74) is 2.88. The fraction of sp³-hybridized carbons (Fsp3) is 0.381. The Labute approximate surface area is 158 Å². The Morgan fingerprint density at radius 1 is 1.22 bits per heavy atom. The van der Waals surface area contributed by atoms with Crippen LogP contribution in [0.4, 0.5) is 5.69 Å². The molecule has 1 aliphatic rings. The smallest absolute Gasteiger partial charge is 0.274 e. The van der Waals surface area contributed by atoms with Gasteiger partial charge in [0.25, 0.3) is 5.91 Å². The van der Waals surface area contributed by atoms with Crippen molar-refractivity contribution < 1.29 is 9.90 Å². The van der Waals surface area contributed by atoms with E-state index in [4.69, 9.17) is 5.10 Å². The monoisotopic (exact) mass is 364 g/mol. The van der Waals surface area contributed by atoms with Gasteiger partial charge in [0.1, 0.15) is 5.69 Å². The van der Waals surface area contributed by atoms with Gasteiger partial charge >= 0.3 is 0 Å². The van der Waals surface area contributed by atoms with Gasteiger partial charge in [0.05, 0.1) is 11.6 Å². The van der Waals surface area contributed by atoms with E-state index in [0.717, 1.165) is 48.0 Å². The normalized spacial score (nSPS) is 19.9. The first kappa shape index (κ1) is 17.7. The fourth-order valence-corrected chi connectivity index (χ4v) is 3.77. The number of pyridine rings is 1. The zero-order chi connectivity index (χ0) is 18.8. The molecule has 2 heterocycles. The molecule has 1 aromatic carbocycles. The zero-order valence-corrected chi connectivity index (χ0v) is 15.4. The fourth-order valence-electron chi connectivity index (χ4n) is 3.77. The maximum Gasteiger partial charge on any atom is 0.274 e. The molecular weight excluding hydrogens is 340 g/mol. The number of benzene rings is 1. The van der Waals surface area contributed by atoms with Crippen LogP contribution in [0.1, 0.15) is 47.9 Å². The lowest BCUT2D eigenvalue weighted by atomic mass is 9.87. The number of rotatable bonds is 4. The standard InChI is InChI=1S/C21H24N4O2/c1-14-3-2-4-20(22-14)21(27)23-17-7-10-19-16(11-17)12-25(24-19)18-8-5-15(13-26)6-9-18/h2-4,7,10-12,15,18,26H,5-6,8-9,13H2,1H3,(H,23,27)/t15-,18-. The molecule has 0 saturated heterocycles. The van der Waals surface area contributed by atoms with Gasteiger partial charge in [-0.05, 0) is 68.9 Å². The van der Waals surface area contributed by atoms with E-state index in [1.807, 2.05) is 41.9 Å². The van der Waals surface area contributed by atoms with Crippen molar-refractivity contribution in [2.45, 2.75) is 38.6 Å². The summed E-state index contributed by atoms with van der Waals surface area (Å²) in [6.07, 6.45) is 6.23. The summed E-state index contributed by atoms with van der Waals surface area (Å²) < 4.78 is 2.05. The van der Waals surface area contributed by atoms with Crippen LogP contribution in [0.2, 0.25) is 0 Å². The van der Waals surface area contributed by atoms with Crippen LogP contribution in [0.3, 0.4) is 0 Å². The highest BCUT2D eigenvalue weighted by Gasteiger charge is 2.22. The lowest BCUT2D eigenvalue weighted by Gasteiger charge is -2.27. The van der Waals surface area contributed by atoms with Crippen LogP contribution in [-0.2, 0) is 0 Å². The summed E-state index contributed by atoms with van der Waals surface area (Å²) in [6, 6.07) is 11.5. The van der Waals surface area contributed by atoms with Crippen molar-refractivity contribution in [3.63, 3.8) is 0 Å². The maximum atomic E-state index is 12.4. The second-order valence-electron chi connectivity index (χ2n) is 7.36. The molecule has 1 fully saturated rings. The molecule has 0 radical (unpaired) electrons. The van der Waals surface area contributed by atoms with Crippen LogP contribution in [0.25, 0.3) is 10.9 Å². The van der Waals surface area contributed by atoms with E-state index in [-0.39, 0.29) is 12.5 Å². The van der Waals surface area contributed by atoms with Crippen molar-refractivity contribution in [2.75, 3.05) is 11.9 Å². The van der Waals surface area contributed by atoms with E-state index in [1.54, 1.807) is 6.07 Å². The lowest BCUT2D eigenvalue weighted by molar-refractivity contribution is 0.102. The van der Waals surface area contributed by atoms with E-state index < -0.39 is 0 Å². The quantitative estimate of drug-likeness (QED) is 0.739. The molecule has 3 aromatic rings. The number of aromatic nitrogens is 3. The molecule has 1 saturated carbocycles. The van der Waals surface area contributed by atoms with Crippen molar-refractivity contribution in [3.05, 3.63) is 54.0 Å². The van der Waals surface area contributed by atoms with Gasteiger partial charge in [-0.3, -0.25) is 9.48 Å². The van der Waals surface area contributed by atoms with E-state index in [1.165, 1.54) is 0 Å². The summed E-state index contributed by atoms with van der Waals surface area (Å²) in [5, 5.41) is 17.9. The molecule has 1 aliphatic carbocycles. The molecule has 0 atom stereocenters. The molecule has 0 unspecified atom stereocenters. The van der Waals surface area contributed by atoms with E-state index in [2.05, 4.69) is 16.5 Å². The molecule has 2 aromatic heterocycles. The average Bonchev–Trinajstić information content (AvgIpc) is 3.11. The number of aliphatic hydroxyl groups is 1. The van der Waals surface area contributed by atoms with Gasteiger partial charge < -0.3 is 10.4 Å². The minimum Gasteiger partial charge on any atom is -0.396 e. The Balaban J connectivity index is 1.50. The minimum atomic E-state index is -0.215. The van der Waals surface area contributed by atoms with Gasteiger partial charge in [0.15, 0.2) is 0 Å². The summed E-state index contributed by atoms with van der Waals surface area (Å²) in [4.78, 5) is 16.7. The third-order valence-corrected chi connectivity index (χ3v) is 5.35. The number of aliphatic hydroxyl groups excluding tert-OH is 1. The second-order valence-corrected chi connectivity index (χ2v) is 7.36. The van der Waals surface area contributed by atoms with Gasteiger partial charge in [-0.2, -0.15) is 5.10 Å². The van der Waals surface area contributed by atoms with Crippen molar-refractivity contribution >= 4 is 22.5 Å². The van der Waals surface area contributed by atoms with Crippen LogP contribution in [0.5, 0.6) is 0 Å². The Hall–Kier alpha value is -2.73. The number of nitrogens with one attached hydrogen (secondary N) is 1. The topological polar surface area (TPSA) is 80.0 Å². The maximum absolute atomic E-state index is 12.4. The van der Waals surface area contributed by atoms with Crippen molar-refractivity contribution in [2.24, 2.45) is 5.92 Å². The molecular formula is C21H24N4O2. The SMILES string of the molecule is Cc1cccc(C(=O)Nc2ccc3nn([C@H]4CC[C@H](CO)CC4)cc3c2)n1. The number of carbonyl (C=O) groups excluding carboxylic acids is 1. The molecule has 0 aliphatic heterocycles. The van der Waals surface area contributed by atoms with Gasteiger partial charge in [-0.25, -0.2) is 4.98 Å². The Kier molecular flexibility index (Phi) is 4.90. The van der Waals surface area contributed by atoms with Gasteiger partial charge in [-0.1, -0.05) is 6.07 Å². The number of carbonyl (C=O) groups is 1. The number of aryl methyl sites for hydroxylation is 1. The van der Waals surface area contributed by atoms with Crippen molar-refractivity contribution in [1.82, 2.24) is 14.8 Å². The molecule has 1 amide bonds. The average molecular weight is 364 g/mol. The first-order valence-electron chi connectivity index (χ1n) is 9.47. The summed E-state index contributed by atoms with van der Waals surface area (Å²) in [5.74, 6) is 0.219. The molecule has 27 heavy (non-hydrogen) atoms. The Bertz CT molecular complexity index is 958. The molecule has 6 nitrogen and oxygen atoms in total. The highest BCUT2D eigenvalue weighted by atomic mass is 16.3. The zero-order valence-electron chi connectivity index (χ0n) is 15.4. The van der Waals surface area contributed by atoms with E-state index in [0.29, 0.717) is 17.7 Å². The highest BCUT2D eigenvalue weighted by Crippen LogP contribution is 2.32. The predicted molar refractivity (Wildman–Crippen MR) is 105 cm³/mol.